The molecule has 0 saturated carbocycles. The van der Waals surface area contributed by atoms with Crippen LogP contribution in [0.5, 0.6) is 0 Å². The Labute approximate surface area is 105 Å². The first-order valence-electron chi connectivity index (χ1n) is 6.57. The third kappa shape index (κ3) is 3.69. The Balaban J connectivity index is 0.000000185. The second-order valence-electron chi connectivity index (χ2n) is 4.89. The maximum atomic E-state index is 9.19. The van der Waals surface area contributed by atoms with Gasteiger partial charge in [-0.25, -0.2) is 5.43 Å². The SMILES string of the molecule is C/C=C\N(C)NC.OCC12CCCN1CCC2. The van der Waals surface area contributed by atoms with E-state index in [1.807, 2.05) is 38.3 Å². The Morgan fingerprint density at radius 1 is 1.35 bits per heavy atom. The maximum absolute atomic E-state index is 9.19. The molecule has 2 aliphatic rings. The molecule has 0 atom stereocenters. The van der Waals surface area contributed by atoms with Gasteiger partial charge in [-0.1, -0.05) is 6.08 Å². The first kappa shape index (κ1) is 14.5. The molecule has 2 fully saturated rings. The molecule has 0 aromatic rings. The first-order valence-corrected chi connectivity index (χ1v) is 6.57. The van der Waals surface area contributed by atoms with Crippen LogP contribution in [0.25, 0.3) is 0 Å². The third-order valence-electron chi connectivity index (χ3n) is 3.83. The number of hydrazine groups is 1. The van der Waals surface area contributed by atoms with Crippen LogP contribution in [0.3, 0.4) is 0 Å². The van der Waals surface area contributed by atoms with E-state index in [0.29, 0.717) is 6.61 Å². The van der Waals surface area contributed by atoms with Gasteiger partial charge >= 0.3 is 0 Å². The van der Waals surface area contributed by atoms with Crippen molar-refractivity contribution in [2.75, 3.05) is 33.8 Å². The second kappa shape index (κ2) is 6.99. The smallest absolute Gasteiger partial charge is 0.0615 e. The van der Waals surface area contributed by atoms with Gasteiger partial charge in [-0.15, -0.1) is 0 Å². The Kier molecular flexibility index (Phi) is 5.95. The van der Waals surface area contributed by atoms with E-state index < -0.39 is 0 Å². The molecule has 4 heteroatoms. The largest absolute Gasteiger partial charge is 0.394 e. The molecule has 2 saturated heterocycles. The van der Waals surface area contributed by atoms with E-state index >= 15 is 0 Å². The molecule has 0 bridgehead atoms. The fourth-order valence-electron chi connectivity index (χ4n) is 2.78. The molecule has 2 rings (SSSR count). The quantitative estimate of drug-likeness (QED) is 0.728. The van der Waals surface area contributed by atoms with Crippen LogP contribution >= 0.6 is 0 Å². The average Bonchev–Trinajstić information content (AvgIpc) is 2.89. The summed E-state index contributed by atoms with van der Waals surface area (Å²) in [7, 11) is 3.82. The highest BCUT2D eigenvalue weighted by Gasteiger charge is 2.43. The van der Waals surface area contributed by atoms with Crippen LogP contribution in [0.1, 0.15) is 32.6 Å². The molecule has 0 aromatic carbocycles. The predicted octanol–water partition coefficient (Wildman–Crippen LogP) is 1.19. The van der Waals surface area contributed by atoms with Gasteiger partial charge in [0, 0.05) is 25.8 Å². The number of rotatable bonds is 3. The summed E-state index contributed by atoms with van der Waals surface area (Å²) in [5, 5.41) is 11.1. The van der Waals surface area contributed by atoms with E-state index in [-0.39, 0.29) is 5.54 Å². The van der Waals surface area contributed by atoms with Crippen molar-refractivity contribution >= 4 is 0 Å². The van der Waals surface area contributed by atoms with Crippen LogP contribution in [-0.4, -0.2) is 54.3 Å². The van der Waals surface area contributed by atoms with E-state index in [4.69, 9.17) is 0 Å². The maximum Gasteiger partial charge on any atom is 0.0615 e. The normalized spacial score (nSPS) is 22.4. The summed E-state index contributed by atoms with van der Waals surface area (Å²) in [6, 6.07) is 0. The zero-order chi connectivity index (χ0) is 12.7. The molecule has 0 aliphatic carbocycles. The molecule has 17 heavy (non-hydrogen) atoms. The Hall–Kier alpha value is -0.580. The molecule has 0 amide bonds. The average molecular weight is 241 g/mol. The van der Waals surface area contributed by atoms with Crippen LogP contribution in [0.15, 0.2) is 12.3 Å². The van der Waals surface area contributed by atoms with Crippen molar-refractivity contribution in [3.63, 3.8) is 0 Å². The summed E-state index contributed by atoms with van der Waals surface area (Å²) in [5.41, 5.74) is 3.15. The number of fused-ring (bicyclic) bond motifs is 1. The van der Waals surface area contributed by atoms with Gasteiger partial charge in [-0.3, -0.25) is 4.90 Å². The highest BCUT2D eigenvalue weighted by molar-refractivity contribution is 4.99. The van der Waals surface area contributed by atoms with Gasteiger partial charge in [0.25, 0.3) is 0 Å². The zero-order valence-corrected chi connectivity index (χ0v) is 11.4. The fourth-order valence-corrected chi connectivity index (χ4v) is 2.78. The monoisotopic (exact) mass is 241 g/mol. The summed E-state index contributed by atoms with van der Waals surface area (Å²) in [5.74, 6) is 0. The van der Waals surface area contributed by atoms with Crippen molar-refractivity contribution in [3.05, 3.63) is 12.3 Å². The molecule has 100 valence electrons. The number of aliphatic hydroxyl groups is 1. The molecule has 2 heterocycles. The highest BCUT2D eigenvalue weighted by Crippen LogP contribution is 2.37. The van der Waals surface area contributed by atoms with E-state index in [1.165, 1.54) is 38.8 Å². The Morgan fingerprint density at radius 2 is 1.94 bits per heavy atom. The molecule has 4 nitrogen and oxygen atoms in total. The number of hydrogen-bond acceptors (Lipinski definition) is 4. The van der Waals surface area contributed by atoms with Crippen molar-refractivity contribution in [2.45, 2.75) is 38.1 Å². The van der Waals surface area contributed by atoms with Crippen LogP contribution in [0.2, 0.25) is 0 Å². The van der Waals surface area contributed by atoms with E-state index in [0.717, 1.165) is 0 Å². The summed E-state index contributed by atoms with van der Waals surface area (Å²) in [6.07, 6.45) is 8.95. The predicted molar refractivity (Wildman–Crippen MR) is 71.5 cm³/mol. The summed E-state index contributed by atoms with van der Waals surface area (Å²) >= 11 is 0. The lowest BCUT2D eigenvalue weighted by Gasteiger charge is -2.29. The van der Waals surface area contributed by atoms with E-state index in [1.54, 1.807) is 0 Å². The molecule has 2 N–H and O–H groups in total. The summed E-state index contributed by atoms with van der Waals surface area (Å²) in [4.78, 5) is 2.47. The van der Waals surface area contributed by atoms with Gasteiger partial charge in [0.15, 0.2) is 0 Å². The Morgan fingerprint density at radius 3 is 2.24 bits per heavy atom. The molecular weight excluding hydrogens is 214 g/mol. The summed E-state index contributed by atoms with van der Waals surface area (Å²) < 4.78 is 0. The third-order valence-corrected chi connectivity index (χ3v) is 3.83. The lowest BCUT2D eigenvalue weighted by Crippen LogP contribution is -2.41. The molecule has 0 aromatic heterocycles. The first-order chi connectivity index (χ1) is 8.18. The van der Waals surface area contributed by atoms with Crippen molar-refractivity contribution in [1.82, 2.24) is 15.3 Å². The van der Waals surface area contributed by atoms with Crippen molar-refractivity contribution in [3.8, 4) is 0 Å². The minimum Gasteiger partial charge on any atom is -0.394 e. The topological polar surface area (TPSA) is 38.7 Å². The number of nitrogens with one attached hydrogen (secondary N) is 1. The van der Waals surface area contributed by atoms with Crippen molar-refractivity contribution in [2.24, 2.45) is 0 Å². The Bertz CT molecular complexity index is 233. The van der Waals surface area contributed by atoms with Gasteiger partial charge in [-0.05, 0) is 45.7 Å². The number of aliphatic hydroxyl groups excluding tert-OH is 1. The van der Waals surface area contributed by atoms with Gasteiger partial charge in [-0.2, -0.15) is 0 Å². The van der Waals surface area contributed by atoms with Gasteiger partial charge in [0.1, 0.15) is 0 Å². The number of hydrogen-bond donors (Lipinski definition) is 2. The summed E-state index contributed by atoms with van der Waals surface area (Å²) in [6.45, 7) is 4.81. The fraction of sp³-hybridized carbons (Fsp3) is 0.846. The molecule has 0 spiro atoms. The molecule has 2 aliphatic heterocycles. The standard InChI is InChI=1S/C8H15NO.C5H12N2/c10-7-8-3-1-5-9(8)6-2-4-8;1-4-5-7(3)6-2/h10H,1-7H2;4-6H,1-3H3/b;5-4-. The zero-order valence-electron chi connectivity index (χ0n) is 11.4. The van der Waals surface area contributed by atoms with Gasteiger partial charge < -0.3 is 10.1 Å². The van der Waals surface area contributed by atoms with E-state index in [2.05, 4.69) is 10.3 Å². The lowest BCUT2D eigenvalue weighted by molar-refractivity contribution is 0.0999. The second-order valence-corrected chi connectivity index (χ2v) is 4.89. The van der Waals surface area contributed by atoms with Crippen molar-refractivity contribution < 1.29 is 5.11 Å². The number of allylic oxidation sites excluding steroid dienone is 1. The molecule has 0 radical (unpaired) electrons. The molecular formula is C13H27N3O. The van der Waals surface area contributed by atoms with Crippen LogP contribution in [0.4, 0.5) is 0 Å². The number of nitrogens with zero attached hydrogens (tertiary/aromatic N) is 2. The van der Waals surface area contributed by atoms with E-state index in [9.17, 15) is 5.11 Å². The van der Waals surface area contributed by atoms with Gasteiger partial charge in [0.05, 0.1) is 6.61 Å². The van der Waals surface area contributed by atoms with Crippen LogP contribution < -0.4 is 5.43 Å². The molecule has 0 unspecified atom stereocenters. The lowest BCUT2D eigenvalue weighted by atomic mass is 9.96. The van der Waals surface area contributed by atoms with Crippen LogP contribution in [-0.2, 0) is 0 Å². The minimum atomic E-state index is 0.236. The van der Waals surface area contributed by atoms with Gasteiger partial charge in [0.2, 0.25) is 0 Å². The van der Waals surface area contributed by atoms with Crippen molar-refractivity contribution in [1.29, 1.82) is 0 Å². The van der Waals surface area contributed by atoms with Crippen LogP contribution in [0, 0.1) is 0 Å². The minimum absolute atomic E-state index is 0.236. The highest BCUT2D eigenvalue weighted by atomic mass is 16.3.